The van der Waals surface area contributed by atoms with Crippen molar-refractivity contribution in [3.63, 3.8) is 0 Å². The predicted molar refractivity (Wildman–Crippen MR) is 81.3 cm³/mol. The van der Waals surface area contributed by atoms with Crippen LogP contribution in [0.4, 0.5) is 0 Å². The van der Waals surface area contributed by atoms with Crippen LogP contribution in [-0.2, 0) is 12.8 Å². The van der Waals surface area contributed by atoms with Gasteiger partial charge in [-0.15, -0.1) is 11.3 Å². The first kappa shape index (κ1) is 14.1. The van der Waals surface area contributed by atoms with Crippen LogP contribution in [0.1, 0.15) is 58.6 Å². The fourth-order valence-corrected chi connectivity index (χ4v) is 4.24. The van der Waals surface area contributed by atoms with Crippen molar-refractivity contribution < 1.29 is 9.90 Å². The molecule has 3 rings (SSSR count). The van der Waals surface area contributed by atoms with Crippen LogP contribution >= 0.6 is 11.3 Å². The number of aliphatic hydroxyl groups excluding tert-OH is 1. The maximum absolute atomic E-state index is 12.4. The van der Waals surface area contributed by atoms with Crippen LogP contribution in [0.3, 0.4) is 0 Å². The Bertz CT molecular complexity index is 455. The first-order valence-corrected chi connectivity index (χ1v) is 8.63. The third-order valence-electron chi connectivity index (χ3n) is 4.42. The molecular formula is C16H23NO2S. The van der Waals surface area contributed by atoms with Crippen molar-refractivity contribution in [2.45, 2.75) is 57.4 Å². The van der Waals surface area contributed by atoms with E-state index in [1.807, 2.05) is 0 Å². The maximum Gasteiger partial charge on any atom is 0.261 e. The summed E-state index contributed by atoms with van der Waals surface area (Å²) in [5.74, 6) is 0.650. The van der Waals surface area contributed by atoms with Crippen molar-refractivity contribution in [3.05, 3.63) is 21.4 Å². The summed E-state index contributed by atoms with van der Waals surface area (Å²) >= 11 is 1.67. The molecule has 1 aromatic heterocycles. The molecule has 1 unspecified atom stereocenters. The third kappa shape index (κ3) is 3.23. The molecule has 110 valence electrons. The topological polar surface area (TPSA) is 49.3 Å². The van der Waals surface area contributed by atoms with Gasteiger partial charge in [0, 0.05) is 17.5 Å². The smallest absolute Gasteiger partial charge is 0.261 e. The van der Waals surface area contributed by atoms with E-state index in [-0.39, 0.29) is 18.6 Å². The van der Waals surface area contributed by atoms with Gasteiger partial charge < -0.3 is 10.4 Å². The lowest BCUT2D eigenvalue weighted by atomic mass is 10.1. The summed E-state index contributed by atoms with van der Waals surface area (Å²) in [6.45, 7) is 0.155. The number of hydrogen-bond acceptors (Lipinski definition) is 3. The normalized spacial score (nSPS) is 20.1. The molecule has 2 N–H and O–H groups in total. The van der Waals surface area contributed by atoms with Crippen LogP contribution in [0.25, 0.3) is 0 Å². The Morgan fingerprint density at radius 1 is 1.35 bits per heavy atom. The second-order valence-electron chi connectivity index (χ2n) is 6.05. The van der Waals surface area contributed by atoms with E-state index in [1.54, 1.807) is 11.3 Å². The number of amides is 1. The standard InChI is InChI=1S/C16H23NO2S/c18-9-8-13(11-6-7-11)17-16(19)15-10-12-4-2-1-3-5-14(12)20-15/h10-11,13,18H,1-9H2,(H,17,19). The number of aryl methyl sites for hydroxylation is 2. The molecule has 0 aromatic carbocycles. The van der Waals surface area contributed by atoms with Gasteiger partial charge in [0.1, 0.15) is 0 Å². The van der Waals surface area contributed by atoms with Gasteiger partial charge in [-0.1, -0.05) is 6.42 Å². The van der Waals surface area contributed by atoms with E-state index in [4.69, 9.17) is 5.11 Å². The molecule has 20 heavy (non-hydrogen) atoms. The van der Waals surface area contributed by atoms with Crippen LogP contribution in [0.15, 0.2) is 6.07 Å². The van der Waals surface area contributed by atoms with E-state index in [2.05, 4.69) is 11.4 Å². The average molecular weight is 293 g/mol. The molecule has 1 heterocycles. The quantitative estimate of drug-likeness (QED) is 0.820. The first-order chi connectivity index (χ1) is 9.78. The van der Waals surface area contributed by atoms with Crippen molar-refractivity contribution >= 4 is 17.2 Å². The first-order valence-electron chi connectivity index (χ1n) is 7.81. The molecule has 1 saturated carbocycles. The molecule has 2 aliphatic carbocycles. The second-order valence-corrected chi connectivity index (χ2v) is 7.19. The van der Waals surface area contributed by atoms with Crippen molar-refractivity contribution in [1.82, 2.24) is 5.32 Å². The molecule has 1 fully saturated rings. The minimum absolute atomic E-state index is 0.0634. The highest BCUT2D eigenvalue weighted by Crippen LogP contribution is 2.34. The van der Waals surface area contributed by atoms with Gasteiger partial charge in [-0.2, -0.15) is 0 Å². The SMILES string of the molecule is O=C(NC(CCO)C1CC1)c1cc2c(s1)CCCCC2. The highest BCUT2D eigenvalue weighted by molar-refractivity contribution is 7.14. The van der Waals surface area contributed by atoms with Crippen molar-refractivity contribution in [2.75, 3.05) is 6.61 Å². The van der Waals surface area contributed by atoms with E-state index >= 15 is 0 Å². The molecule has 0 aliphatic heterocycles. The Hall–Kier alpha value is -0.870. The van der Waals surface area contributed by atoms with Crippen molar-refractivity contribution in [1.29, 1.82) is 0 Å². The molecule has 0 bridgehead atoms. The van der Waals surface area contributed by atoms with E-state index < -0.39 is 0 Å². The van der Waals surface area contributed by atoms with Crippen LogP contribution in [0, 0.1) is 5.92 Å². The number of aliphatic hydroxyl groups is 1. The zero-order valence-electron chi connectivity index (χ0n) is 11.9. The van der Waals surface area contributed by atoms with Gasteiger partial charge in [0.2, 0.25) is 0 Å². The predicted octanol–water partition coefficient (Wildman–Crippen LogP) is 2.91. The highest BCUT2D eigenvalue weighted by Gasteiger charge is 2.32. The lowest BCUT2D eigenvalue weighted by molar-refractivity contribution is 0.0928. The molecule has 1 aromatic rings. The summed E-state index contributed by atoms with van der Waals surface area (Å²) < 4.78 is 0. The Morgan fingerprint density at radius 2 is 2.15 bits per heavy atom. The van der Waals surface area contributed by atoms with Crippen LogP contribution in [0.2, 0.25) is 0 Å². The Morgan fingerprint density at radius 3 is 2.90 bits per heavy atom. The fourth-order valence-electron chi connectivity index (χ4n) is 3.08. The van der Waals surface area contributed by atoms with Gasteiger partial charge in [0.05, 0.1) is 4.88 Å². The van der Waals surface area contributed by atoms with Gasteiger partial charge >= 0.3 is 0 Å². The lowest BCUT2D eigenvalue weighted by Gasteiger charge is -2.16. The van der Waals surface area contributed by atoms with Crippen LogP contribution in [-0.4, -0.2) is 23.7 Å². The molecule has 0 radical (unpaired) electrons. The Labute approximate surface area is 124 Å². The minimum Gasteiger partial charge on any atom is -0.396 e. The number of thiophene rings is 1. The van der Waals surface area contributed by atoms with Gasteiger partial charge in [-0.3, -0.25) is 4.79 Å². The Balaban J connectivity index is 1.67. The molecule has 0 spiro atoms. The fraction of sp³-hybridized carbons (Fsp3) is 0.688. The minimum atomic E-state index is 0.0634. The van der Waals surface area contributed by atoms with Crippen molar-refractivity contribution in [2.24, 2.45) is 5.92 Å². The summed E-state index contributed by atoms with van der Waals surface area (Å²) in [5.41, 5.74) is 1.39. The number of carbonyl (C=O) groups excluding carboxylic acids is 1. The largest absolute Gasteiger partial charge is 0.396 e. The average Bonchev–Trinajstić information content (AvgIpc) is 3.23. The van der Waals surface area contributed by atoms with Gasteiger partial charge in [-0.05, 0) is 62.5 Å². The molecular weight excluding hydrogens is 270 g/mol. The third-order valence-corrected chi connectivity index (χ3v) is 5.65. The summed E-state index contributed by atoms with van der Waals surface area (Å²) in [4.78, 5) is 14.7. The number of hydrogen-bond donors (Lipinski definition) is 2. The number of nitrogens with one attached hydrogen (secondary N) is 1. The molecule has 1 atom stereocenters. The van der Waals surface area contributed by atoms with E-state index in [0.717, 1.165) is 17.7 Å². The summed E-state index contributed by atoms with van der Waals surface area (Å²) in [6.07, 6.45) is 9.13. The zero-order valence-corrected chi connectivity index (χ0v) is 12.7. The van der Waals surface area contributed by atoms with Gasteiger partial charge in [-0.25, -0.2) is 0 Å². The summed E-state index contributed by atoms with van der Waals surface area (Å²) in [7, 11) is 0. The van der Waals surface area contributed by atoms with E-state index in [0.29, 0.717) is 12.3 Å². The molecule has 0 saturated heterocycles. The zero-order chi connectivity index (χ0) is 13.9. The number of fused-ring (bicyclic) bond motifs is 1. The van der Waals surface area contributed by atoms with Crippen molar-refractivity contribution in [3.8, 4) is 0 Å². The van der Waals surface area contributed by atoms with Gasteiger partial charge in [0.25, 0.3) is 5.91 Å². The molecule has 3 nitrogen and oxygen atoms in total. The highest BCUT2D eigenvalue weighted by atomic mass is 32.1. The summed E-state index contributed by atoms with van der Waals surface area (Å²) in [6, 6.07) is 2.26. The second kappa shape index (κ2) is 6.27. The maximum atomic E-state index is 12.4. The van der Waals surface area contributed by atoms with E-state index in [1.165, 1.54) is 42.5 Å². The van der Waals surface area contributed by atoms with Gasteiger partial charge in [0.15, 0.2) is 0 Å². The lowest BCUT2D eigenvalue weighted by Crippen LogP contribution is -2.36. The van der Waals surface area contributed by atoms with Crippen LogP contribution in [0.5, 0.6) is 0 Å². The molecule has 4 heteroatoms. The number of carbonyl (C=O) groups is 1. The van der Waals surface area contributed by atoms with Crippen LogP contribution < -0.4 is 5.32 Å². The molecule has 1 amide bonds. The monoisotopic (exact) mass is 293 g/mol. The number of rotatable bonds is 5. The van der Waals surface area contributed by atoms with E-state index in [9.17, 15) is 4.79 Å². The molecule has 2 aliphatic rings. The summed E-state index contributed by atoms with van der Waals surface area (Å²) in [5, 5.41) is 12.2. The Kier molecular flexibility index (Phi) is 4.41.